The topological polar surface area (TPSA) is 118 Å². The summed E-state index contributed by atoms with van der Waals surface area (Å²) in [5.74, 6) is -1.60. The minimum Gasteiger partial charge on any atom is -0.477 e. The fraction of sp³-hybridized carbons (Fsp3) is 0.500. The van der Waals surface area contributed by atoms with Crippen LogP contribution in [-0.4, -0.2) is 67.9 Å². The molecule has 2 fully saturated rings. The Balaban J connectivity index is 1.39. The van der Waals surface area contributed by atoms with E-state index in [0.29, 0.717) is 18.7 Å². The average molecular weight is 587 g/mol. The second kappa shape index (κ2) is 10.9. The summed E-state index contributed by atoms with van der Waals surface area (Å²) in [5.41, 5.74) is -1.44. The summed E-state index contributed by atoms with van der Waals surface area (Å²) in [4.78, 5) is 31.2. The van der Waals surface area contributed by atoms with E-state index in [1.165, 1.54) is 32.2 Å². The summed E-state index contributed by atoms with van der Waals surface area (Å²) in [6, 6.07) is 6.01. The molecule has 2 N–H and O–H groups in total. The number of pyridine rings is 1. The molecule has 0 aliphatic carbocycles. The summed E-state index contributed by atoms with van der Waals surface area (Å²) < 4.78 is 80.8. The summed E-state index contributed by atoms with van der Waals surface area (Å²) in [5, 5.41) is 4.81. The van der Waals surface area contributed by atoms with E-state index in [1.54, 1.807) is 6.07 Å². The van der Waals surface area contributed by atoms with E-state index < -0.39 is 45.8 Å². The number of alkyl halides is 3. The quantitative estimate of drug-likeness (QED) is 0.456. The first-order valence-electron chi connectivity index (χ1n) is 12.6. The molecule has 2 amide bonds. The molecule has 40 heavy (non-hydrogen) atoms. The molecule has 218 valence electrons. The zero-order chi connectivity index (χ0) is 29.5. The van der Waals surface area contributed by atoms with Gasteiger partial charge in [0.1, 0.15) is 28.8 Å². The zero-order valence-corrected chi connectivity index (χ0v) is 22.9. The molecule has 2 aliphatic heterocycles. The summed E-state index contributed by atoms with van der Waals surface area (Å²) >= 11 is 0. The van der Waals surface area contributed by atoms with Gasteiger partial charge in [0, 0.05) is 30.6 Å². The first kappa shape index (κ1) is 29.6. The molecule has 0 radical (unpaired) electrons. The minimum atomic E-state index is -4.51. The van der Waals surface area contributed by atoms with Gasteiger partial charge in [0.15, 0.2) is 15.4 Å². The third-order valence-electron chi connectivity index (χ3n) is 7.01. The van der Waals surface area contributed by atoms with E-state index in [-0.39, 0.29) is 34.3 Å². The smallest absolute Gasteiger partial charge is 0.405 e. The third kappa shape index (κ3) is 6.83. The Hall–Kier alpha value is -3.42. The molecule has 14 heteroatoms. The van der Waals surface area contributed by atoms with Crippen LogP contribution in [0.1, 0.15) is 49.9 Å². The van der Waals surface area contributed by atoms with Crippen LogP contribution in [0.4, 0.5) is 23.4 Å². The first-order valence-corrected chi connectivity index (χ1v) is 14.5. The lowest BCUT2D eigenvalue weighted by molar-refractivity contribution is -0.135. The molecule has 2 bridgehead atoms. The molecule has 2 atom stereocenters. The van der Waals surface area contributed by atoms with Crippen LogP contribution in [0.5, 0.6) is 5.75 Å². The van der Waals surface area contributed by atoms with E-state index >= 15 is 0 Å². The highest BCUT2D eigenvalue weighted by atomic mass is 32.2. The summed E-state index contributed by atoms with van der Waals surface area (Å²) in [7, 11) is -3.81. The number of hydrogen-bond acceptors (Lipinski definition) is 7. The van der Waals surface area contributed by atoms with Gasteiger partial charge in [0.2, 0.25) is 0 Å². The lowest BCUT2D eigenvalue weighted by atomic mass is 9.96. The zero-order valence-electron chi connectivity index (χ0n) is 22.1. The molecule has 1 aromatic carbocycles. The van der Waals surface area contributed by atoms with Crippen molar-refractivity contribution in [3.05, 3.63) is 47.9 Å². The van der Waals surface area contributed by atoms with Crippen molar-refractivity contribution in [2.75, 3.05) is 17.7 Å². The molecule has 1 aromatic heterocycles. The number of amides is 2. The van der Waals surface area contributed by atoms with Crippen molar-refractivity contribution in [3.8, 4) is 5.75 Å². The van der Waals surface area contributed by atoms with Gasteiger partial charge in [-0.3, -0.25) is 9.59 Å². The van der Waals surface area contributed by atoms with E-state index in [2.05, 4.69) is 15.2 Å². The Morgan fingerprint density at radius 2 is 1.75 bits per heavy atom. The van der Waals surface area contributed by atoms with Gasteiger partial charge in [-0.1, -0.05) is 0 Å². The van der Waals surface area contributed by atoms with Crippen molar-refractivity contribution < 1.29 is 40.3 Å². The predicted molar refractivity (Wildman–Crippen MR) is 137 cm³/mol. The fourth-order valence-corrected chi connectivity index (χ4v) is 5.96. The van der Waals surface area contributed by atoms with E-state index in [1.807, 2.05) is 5.32 Å². The molecular weight excluding hydrogens is 556 g/mol. The Morgan fingerprint density at radius 1 is 1.10 bits per heavy atom. The first-order chi connectivity index (χ1) is 18.5. The largest absolute Gasteiger partial charge is 0.477 e. The third-order valence-corrected chi connectivity index (χ3v) is 8.13. The summed E-state index contributed by atoms with van der Waals surface area (Å²) in [6.07, 6.45) is 0.547. The number of aromatic nitrogens is 1. The minimum absolute atomic E-state index is 0.0184. The number of carbonyl (C=O) groups is 2. The van der Waals surface area contributed by atoms with E-state index in [0.717, 1.165) is 31.2 Å². The van der Waals surface area contributed by atoms with Gasteiger partial charge >= 0.3 is 6.18 Å². The number of piperidine rings is 1. The van der Waals surface area contributed by atoms with E-state index in [9.17, 15) is 35.6 Å². The molecule has 0 saturated carbocycles. The maximum atomic E-state index is 13.7. The van der Waals surface area contributed by atoms with Gasteiger partial charge in [-0.15, -0.1) is 0 Å². The number of rotatable bonds is 8. The van der Waals surface area contributed by atoms with Crippen LogP contribution < -0.4 is 20.3 Å². The molecule has 2 aromatic rings. The number of fused-ring (bicyclic) bond motifs is 2. The number of sulfone groups is 1. The SMILES string of the molecule is CC(C)(Oc1ccc(F)cc1S(C)(=O)=O)C(=O)NC1CC2CCC(C1)N2c1ccc(C(=O)NCC(F)(F)F)cn1. The number of anilines is 1. The number of nitrogens with zero attached hydrogens (tertiary/aromatic N) is 2. The lowest BCUT2D eigenvalue weighted by Crippen LogP contribution is -2.55. The van der Waals surface area contributed by atoms with E-state index in [4.69, 9.17) is 4.74 Å². The van der Waals surface area contributed by atoms with Crippen LogP contribution >= 0.6 is 0 Å². The molecule has 2 saturated heterocycles. The second-order valence-electron chi connectivity index (χ2n) is 10.6. The number of carbonyl (C=O) groups excluding carboxylic acids is 2. The lowest BCUT2D eigenvalue weighted by Gasteiger charge is -2.41. The van der Waals surface area contributed by atoms with Gasteiger partial charge in [-0.25, -0.2) is 17.8 Å². The van der Waals surface area contributed by atoms with Crippen molar-refractivity contribution in [2.45, 2.75) is 74.3 Å². The van der Waals surface area contributed by atoms with Crippen LogP contribution in [0.15, 0.2) is 41.4 Å². The molecule has 2 unspecified atom stereocenters. The van der Waals surface area contributed by atoms with Gasteiger partial charge < -0.3 is 20.3 Å². The highest BCUT2D eigenvalue weighted by Gasteiger charge is 2.43. The Morgan fingerprint density at radius 3 is 2.30 bits per heavy atom. The molecular formula is C26H30F4N4O5S. The van der Waals surface area contributed by atoms with Crippen molar-refractivity contribution in [1.82, 2.24) is 15.6 Å². The molecule has 3 heterocycles. The number of halogens is 4. The predicted octanol–water partition coefficient (Wildman–Crippen LogP) is 3.39. The maximum Gasteiger partial charge on any atom is 0.405 e. The van der Waals surface area contributed by atoms with Crippen LogP contribution in [-0.2, 0) is 14.6 Å². The number of ether oxygens (including phenoxy) is 1. The normalized spacial score (nSPS) is 21.2. The maximum absolute atomic E-state index is 13.7. The van der Waals surface area contributed by atoms with Gasteiger partial charge in [-0.2, -0.15) is 13.2 Å². The van der Waals surface area contributed by atoms with Crippen molar-refractivity contribution in [2.24, 2.45) is 0 Å². The fourth-order valence-electron chi connectivity index (χ4n) is 5.16. The Bertz CT molecular complexity index is 1370. The second-order valence-corrected chi connectivity index (χ2v) is 12.6. The Kier molecular flexibility index (Phi) is 8.03. The van der Waals surface area contributed by atoms with Gasteiger partial charge in [0.05, 0.1) is 5.56 Å². The Labute approximate surface area is 229 Å². The molecule has 9 nitrogen and oxygen atoms in total. The van der Waals surface area contributed by atoms with Crippen LogP contribution in [0.25, 0.3) is 0 Å². The van der Waals surface area contributed by atoms with Gasteiger partial charge in [-0.05, 0) is 69.9 Å². The van der Waals surface area contributed by atoms with Crippen LogP contribution in [0.3, 0.4) is 0 Å². The number of nitrogens with one attached hydrogen (secondary N) is 2. The highest BCUT2D eigenvalue weighted by molar-refractivity contribution is 7.90. The molecule has 0 spiro atoms. The highest BCUT2D eigenvalue weighted by Crippen LogP contribution is 2.39. The van der Waals surface area contributed by atoms with Crippen molar-refractivity contribution >= 4 is 27.5 Å². The number of hydrogen-bond donors (Lipinski definition) is 2. The van der Waals surface area contributed by atoms with Crippen LogP contribution in [0.2, 0.25) is 0 Å². The van der Waals surface area contributed by atoms with Crippen molar-refractivity contribution in [1.29, 1.82) is 0 Å². The van der Waals surface area contributed by atoms with Gasteiger partial charge in [0.25, 0.3) is 11.8 Å². The standard InChI is InChI=1S/C26H30F4N4O5S/c1-25(2,39-20-8-5-16(27)10-21(20)40(3,37)38)24(36)33-17-11-18-6-7-19(12-17)34(18)22-9-4-15(13-31-22)23(35)32-14-26(28,29)30/h4-5,8-10,13,17-19H,6-7,11-12,14H2,1-3H3,(H,32,35)(H,33,36). The molecule has 2 aliphatic rings. The average Bonchev–Trinajstić information content (AvgIpc) is 3.12. The monoisotopic (exact) mass is 586 g/mol. The number of benzene rings is 1. The molecule has 4 rings (SSSR count). The summed E-state index contributed by atoms with van der Waals surface area (Å²) in [6.45, 7) is 1.57. The van der Waals surface area contributed by atoms with Crippen molar-refractivity contribution in [3.63, 3.8) is 0 Å². The van der Waals surface area contributed by atoms with Crippen LogP contribution in [0, 0.1) is 5.82 Å².